The zero-order valence-electron chi connectivity index (χ0n) is 15.1. The van der Waals surface area contributed by atoms with Crippen LogP contribution in [0.25, 0.3) is 0 Å². The molecule has 1 fully saturated rings. The first-order valence-corrected chi connectivity index (χ1v) is 9.20. The summed E-state index contributed by atoms with van der Waals surface area (Å²) >= 11 is 0. The Morgan fingerprint density at radius 2 is 2.15 bits per heavy atom. The third-order valence-electron chi connectivity index (χ3n) is 5.12. The number of imide groups is 1. The number of hydrogen-bond donors (Lipinski definition) is 3. The minimum Gasteiger partial charge on any atom is -0.330 e. The van der Waals surface area contributed by atoms with E-state index in [-0.39, 0.29) is 24.1 Å². The summed E-state index contributed by atoms with van der Waals surface area (Å²) in [5.41, 5.74) is 8.13. The van der Waals surface area contributed by atoms with Crippen LogP contribution in [0.3, 0.4) is 0 Å². The Hall–Kier alpha value is -2.25. The van der Waals surface area contributed by atoms with Gasteiger partial charge in [0.05, 0.1) is 0 Å². The van der Waals surface area contributed by atoms with Gasteiger partial charge in [0.2, 0.25) is 11.8 Å². The molecule has 140 valence electrons. The number of carbonyl (C=O) groups is 3. The smallest absolute Gasteiger partial charge is 0.255 e. The molecule has 2 aliphatic rings. The van der Waals surface area contributed by atoms with Crippen LogP contribution in [-0.2, 0) is 22.7 Å². The Balaban J connectivity index is 1.72. The lowest BCUT2D eigenvalue weighted by molar-refractivity contribution is -0.136. The van der Waals surface area contributed by atoms with E-state index in [4.69, 9.17) is 5.73 Å². The molecule has 3 rings (SSSR count). The number of benzene rings is 1. The van der Waals surface area contributed by atoms with Gasteiger partial charge in [0, 0.05) is 31.1 Å². The van der Waals surface area contributed by atoms with Crippen LogP contribution in [0.5, 0.6) is 0 Å². The second-order valence-corrected chi connectivity index (χ2v) is 7.06. The quantitative estimate of drug-likeness (QED) is 0.621. The van der Waals surface area contributed by atoms with Gasteiger partial charge >= 0.3 is 0 Å². The molecule has 1 aromatic carbocycles. The van der Waals surface area contributed by atoms with Crippen LogP contribution in [-0.4, -0.2) is 41.2 Å². The van der Waals surface area contributed by atoms with Gasteiger partial charge in [-0.25, -0.2) is 0 Å². The second kappa shape index (κ2) is 7.97. The summed E-state index contributed by atoms with van der Waals surface area (Å²) in [6.07, 6.45) is 2.60. The van der Waals surface area contributed by atoms with Crippen molar-refractivity contribution in [2.75, 3.05) is 6.54 Å². The van der Waals surface area contributed by atoms with Crippen molar-refractivity contribution >= 4 is 17.7 Å². The third kappa shape index (κ3) is 3.78. The van der Waals surface area contributed by atoms with E-state index in [1.54, 1.807) is 4.90 Å². The average molecular weight is 358 g/mol. The molecule has 2 unspecified atom stereocenters. The van der Waals surface area contributed by atoms with Crippen LogP contribution in [0, 0.1) is 0 Å². The fourth-order valence-electron chi connectivity index (χ4n) is 3.65. The molecule has 7 nitrogen and oxygen atoms in total. The summed E-state index contributed by atoms with van der Waals surface area (Å²) in [4.78, 5) is 38.1. The van der Waals surface area contributed by atoms with Crippen molar-refractivity contribution in [2.45, 2.75) is 57.8 Å². The van der Waals surface area contributed by atoms with Crippen molar-refractivity contribution in [1.82, 2.24) is 15.5 Å². The minimum atomic E-state index is -0.572. The standard InChI is InChI=1S/C19H26N4O3/c1-12(4-3-9-20)21-10-13-5-2-6-14-11-23(19(26)17(13)14)15-7-8-16(24)22-18(15)25/h2,5-6,12,15,21H,3-4,7-11,20H2,1H3,(H,22,24,25). The first-order chi connectivity index (χ1) is 12.5. The molecule has 7 heteroatoms. The maximum atomic E-state index is 13.0. The lowest BCUT2D eigenvalue weighted by Gasteiger charge is -2.29. The fourth-order valence-corrected chi connectivity index (χ4v) is 3.65. The van der Waals surface area contributed by atoms with E-state index in [0.29, 0.717) is 37.7 Å². The summed E-state index contributed by atoms with van der Waals surface area (Å²) in [6, 6.07) is 5.57. The molecule has 2 atom stereocenters. The zero-order chi connectivity index (χ0) is 18.7. The number of nitrogens with zero attached hydrogens (tertiary/aromatic N) is 1. The lowest BCUT2D eigenvalue weighted by atomic mass is 10.0. The summed E-state index contributed by atoms with van der Waals surface area (Å²) in [5.74, 6) is -0.772. The number of amides is 3. The Morgan fingerprint density at radius 3 is 2.88 bits per heavy atom. The van der Waals surface area contributed by atoms with E-state index in [2.05, 4.69) is 17.6 Å². The zero-order valence-corrected chi connectivity index (χ0v) is 15.1. The molecule has 0 saturated carbocycles. The van der Waals surface area contributed by atoms with Gasteiger partial charge in [0.25, 0.3) is 5.91 Å². The lowest BCUT2D eigenvalue weighted by Crippen LogP contribution is -2.52. The molecule has 2 heterocycles. The van der Waals surface area contributed by atoms with E-state index >= 15 is 0 Å². The van der Waals surface area contributed by atoms with Gasteiger partial charge in [0.1, 0.15) is 6.04 Å². The Kier molecular flexibility index (Phi) is 5.68. The second-order valence-electron chi connectivity index (χ2n) is 7.06. The Bertz CT molecular complexity index is 719. The predicted molar refractivity (Wildman–Crippen MR) is 97.1 cm³/mol. The van der Waals surface area contributed by atoms with Crippen LogP contribution in [0.15, 0.2) is 18.2 Å². The van der Waals surface area contributed by atoms with Crippen LogP contribution in [0.4, 0.5) is 0 Å². The van der Waals surface area contributed by atoms with E-state index in [0.717, 1.165) is 24.0 Å². The Morgan fingerprint density at radius 1 is 1.35 bits per heavy atom. The number of piperidine rings is 1. The summed E-state index contributed by atoms with van der Waals surface area (Å²) in [6.45, 7) is 3.79. The highest BCUT2D eigenvalue weighted by Gasteiger charge is 2.39. The molecule has 0 aliphatic carbocycles. The first-order valence-electron chi connectivity index (χ1n) is 9.20. The number of hydrogen-bond acceptors (Lipinski definition) is 5. The van der Waals surface area contributed by atoms with Gasteiger partial charge in [0.15, 0.2) is 0 Å². The molecular formula is C19H26N4O3. The largest absolute Gasteiger partial charge is 0.330 e. The van der Waals surface area contributed by atoms with Gasteiger partial charge in [-0.15, -0.1) is 0 Å². The van der Waals surface area contributed by atoms with Crippen LogP contribution in [0.2, 0.25) is 0 Å². The van der Waals surface area contributed by atoms with E-state index < -0.39 is 6.04 Å². The summed E-state index contributed by atoms with van der Waals surface area (Å²) in [5, 5.41) is 5.78. The van der Waals surface area contributed by atoms with Gasteiger partial charge in [-0.1, -0.05) is 18.2 Å². The third-order valence-corrected chi connectivity index (χ3v) is 5.12. The van der Waals surface area contributed by atoms with Crippen LogP contribution < -0.4 is 16.4 Å². The molecule has 0 spiro atoms. The highest BCUT2D eigenvalue weighted by molar-refractivity contribution is 6.05. The van der Waals surface area contributed by atoms with E-state index in [1.807, 2.05) is 18.2 Å². The minimum absolute atomic E-state index is 0.124. The van der Waals surface area contributed by atoms with Gasteiger partial charge < -0.3 is 16.0 Å². The molecular weight excluding hydrogens is 332 g/mol. The highest BCUT2D eigenvalue weighted by Crippen LogP contribution is 2.29. The van der Waals surface area contributed by atoms with E-state index in [9.17, 15) is 14.4 Å². The van der Waals surface area contributed by atoms with Crippen LogP contribution in [0.1, 0.15) is 54.1 Å². The number of nitrogens with two attached hydrogens (primary N) is 1. The number of carbonyl (C=O) groups excluding carboxylic acids is 3. The topological polar surface area (TPSA) is 105 Å². The number of nitrogens with one attached hydrogen (secondary N) is 2. The fraction of sp³-hybridized carbons (Fsp3) is 0.526. The maximum absolute atomic E-state index is 13.0. The molecule has 0 radical (unpaired) electrons. The number of fused-ring (bicyclic) bond motifs is 1. The molecule has 3 amide bonds. The van der Waals surface area contributed by atoms with Crippen molar-refractivity contribution in [2.24, 2.45) is 5.73 Å². The van der Waals surface area contributed by atoms with Crippen molar-refractivity contribution in [3.05, 3.63) is 34.9 Å². The monoisotopic (exact) mass is 358 g/mol. The van der Waals surface area contributed by atoms with Crippen molar-refractivity contribution in [1.29, 1.82) is 0 Å². The van der Waals surface area contributed by atoms with Gasteiger partial charge in [-0.3, -0.25) is 19.7 Å². The molecule has 1 aromatic rings. The summed E-state index contributed by atoms with van der Waals surface area (Å²) < 4.78 is 0. The molecule has 0 aromatic heterocycles. The predicted octanol–water partition coefficient (Wildman–Crippen LogP) is 0.665. The summed E-state index contributed by atoms with van der Waals surface area (Å²) in [7, 11) is 0. The Labute approximate surface area is 153 Å². The average Bonchev–Trinajstić information content (AvgIpc) is 2.95. The SMILES string of the molecule is CC(CCCN)NCc1cccc2c1C(=O)N(C1CCC(=O)NC1=O)C2. The maximum Gasteiger partial charge on any atom is 0.255 e. The van der Waals surface area contributed by atoms with Crippen molar-refractivity contribution in [3.63, 3.8) is 0 Å². The van der Waals surface area contributed by atoms with Crippen LogP contribution >= 0.6 is 0 Å². The first kappa shape index (κ1) is 18.5. The number of rotatable bonds is 7. The van der Waals surface area contributed by atoms with Crippen molar-refractivity contribution < 1.29 is 14.4 Å². The van der Waals surface area contributed by atoms with E-state index in [1.165, 1.54) is 0 Å². The molecule has 4 N–H and O–H groups in total. The molecule has 26 heavy (non-hydrogen) atoms. The van der Waals surface area contributed by atoms with Crippen molar-refractivity contribution in [3.8, 4) is 0 Å². The van der Waals surface area contributed by atoms with Gasteiger partial charge in [-0.05, 0) is 43.9 Å². The molecule has 0 bridgehead atoms. The molecule has 1 saturated heterocycles. The van der Waals surface area contributed by atoms with Gasteiger partial charge in [-0.2, -0.15) is 0 Å². The highest BCUT2D eigenvalue weighted by atomic mass is 16.2. The molecule has 2 aliphatic heterocycles. The normalized spacial score (nSPS) is 20.9.